The smallest absolute Gasteiger partial charge is 0.00364 e. The fraction of sp³-hybridized carbons (Fsp3) is 0.889. The van der Waals surface area contributed by atoms with Gasteiger partial charge in [-0.2, -0.15) is 19.8 Å². The molecule has 0 unspecified atom stereocenters. The molecule has 11 heavy (non-hydrogen) atoms. The van der Waals surface area contributed by atoms with Gasteiger partial charge in [0.15, 0.2) is 0 Å². The summed E-state index contributed by atoms with van der Waals surface area (Å²) in [5.74, 6) is 1.68. The molecule has 0 aromatic heterocycles. The summed E-state index contributed by atoms with van der Waals surface area (Å²) >= 11 is 0. The Hall–Kier alpha value is 1.06. The molecule has 1 radical (unpaired) electrons. The van der Waals surface area contributed by atoms with Crippen molar-refractivity contribution in [3.05, 3.63) is 5.92 Å². The Balaban J connectivity index is 0.000001000. The SMILES string of the molecule is C[C-]1CCN(C(C)C)CC1.[Y]. The Kier molecular flexibility index (Phi) is 6.21. The van der Waals surface area contributed by atoms with Crippen molar-refractivity contribution in [3.8, 4) is 0 Å². The maximum absolute atomic E-state index is 2.55. The third kappa shape index (κ3) is 4.01. The summed E-state index contributed by atoms with van der Waals surface area (Å²) in [6.07, 6.45) is 2.64. The first kappa shape index (κ1) is 12.1. The summed E-state index contributed by atoms with van der Waals surface area (Å²) in [4.78, 5) is 2.55. The molecule has 2 heteroatoms. The Bertz CT molecular complexity index is 95.7. The molecule has 1 nitrogen and oxygen atoms in total. The van der Waals surface area contributed by atoms with E-state index in [1.54, 1.807) is 5.92 Å². The molecule has 0 spiro atoms. The van der Waals surface area contributed by atoms with Crippen LogP contribution in [0.1, 0.15) is 33.6 Å². The summed E-state index contributed by atoms with van der Waals surface area (Å²) in [7, 11) is 0. The third-order valence-electron chi connectivity index (χ3n) is 2.38. The van der Waals surface area contributed by atoms with Crippen LogP contribution in [0.2, 0.25) is 0 Å². The summed E-state index contributed by atoms with van der Waals surface area (Å²) in [6.45, 7) is 9.39. The molecule has 1 aliphatic rings. The van der Waals surface area contributed by atoms with E-state index in [0.717, 1.165) is 6.04 Å². The number of hydrogen-bond donors (Lipinski definition) is 0. The second-order valence-electron chi connectivity index (χ2n) is 3.59. The molecule has 0 saturated carbocycles. The van der Waals surface area contributed by atoms with Gasteiger partial charge in [-0.25, -0.2) is 0 Å². The molecular weight excluding hydrogens is 211 g/mol. The Morgan fingerprint density at radius 1 is 1.18 bits per heavy atom. The molecule has 0 aromatic rings. The minimum Gasteiger partial charge on any atom is -0.314 e. The zero-order chi connectivity index (χ0) is 7.56. The average Bonchev–Trinajstić information content (AvgIpc) is 1.88. The normalized spacial score (nSPS) is 21.8. The van der Waals surface area contributed by atoms with Crippen LogP contribution in [-0.4, -0.2) is 24.0 Å². The van der Waals surface area contributed by atoms with Crippen molar-refractivity contribution in [1.82, 2.24) is 4.90 Å². The molecule has 1 rings (SSSR count). The quantitative estimate of drug-likeness (QED) is 0.622. The van der Waals surface area contributed by atoms with Crippen LogP contribution in [0.4, 0.5) is 0 Å². The van der Waals surface area contributed by atoms with Crippen LogP contribution in [0.25, 0.3) is 0 Å². The largest absolute Gasteiger partial charge is 0.314 e. The molecular formula is C9H18NY-. The number of rotatable bonds is 1. The molecule has 0 aromatic carbocycles. The number of piperidine rings is 1. The van der Waals surface area contributed by atoms with Gasteiger partial charge in [0.25, 0.3) is 0 Å². The van der Waals surface area contributed by atoms with Crippen molar-refractivity contribution < 1.29 is 32.7 Å². The van der Waals surface area contributed by atoms with Gasteiger partial charge >= 0.3 is 0 Å². The van der Waals surface area contributed by atoms with Crippen molar-refractivity contribution in [1.29, 1.82) is 0 Å². The molecule has 0 bridgehead atoms. The van der Waals surface area contributed by atoms with Gasteiger partial charge in [0, 0.05) is 38.8 Å². The average molecular weight is 229 g/mol. The molecule has 1 aliphatic heterocycles. The Morgan fingerprint density at radius 3 is 2.00 bits per heavy atom. The van der Waals surface area contributed by atoms with Crippen LogP contribution in [0.3, 0.4) is 0 Å². The zero-order valence-electron chi connectivity index (χ0n) is 7.93. The first-order valence-corrected chi connectivity index (χ1v) is 4.25. The maximum atomic E-state index is 2.55. The summed E-state index contributed by atoms with van der Waals surface area (Å²) in [5, 5.41) is 0. The van der Waals surface area contributed by atoms with Gasteiger partial charge < -0.3 is 10.8 Å². The van der Waals surface area contributed by atoms with Gasteiger partial charge in [-0.05, 0) is 26.9 Å². The molecule has 1 heterocycles. The van der Waals surface area contributed by atoms with E-state index in [1.165, 1.54) is 25.9 Å². The number of likely N-dealkylation sites (tertiary alicyclic amines) is 1. The second-order valence-corrected chi connectivity index (χ2v) is 3.59. The van der Waals surface area contributed by atoms with Crippen LogP contribution < -0.4 is 0 Å². The van der Waals surface area contributed by atoms with Crippen LogP contribution in [-0.2, 0) is 32.7 Å². The van der Waals surface area contributed by atoms with Crippen LogP contribution in [0, 0.1) is 5.92 Å². The molecule has 1 saturated heterocycles. The van der Waals surface area contributed by atoms with E-state index in [4.69, 9.17) is 0 Å². The molecule has 63 valence electrons. The molecule has 1 fully saturated rings. The number of hydrogen-bond acceptors (Lipinski definition) is 1. The van der Waals surface area contributed by atoms with E-state index in [1.807, 2.05) is 0 Å². The van der Waals surface area contributed by atoms with Crippen LogP contribution in [0.5, 0.6) is 0 Å². The molecule has 0 atom stereocenters. The Morgan fingerprint density at radius 2 is 1.64 bits per heavy atom. The zero-order valence-corrected chi connectivity index (χ0v) is 10.8. The predicted molar refractivity (Wildman–Crippen MR) is 44.9 cm³/mol. The Labute approximate surface area is 95.8 Å². The van der Waals surface area contributed by atoms with Crippen molar-refractivity contribution in [2.24, 2.45) is 0 Å². The van der Waals surface area contributed by atoms with Gasteiger partial charge in [0.05, 0.1) is 0 Å². The topological polar surface area (TPSA) is 3.24 Å². The third-order valence-corrected chi connectivity index (χ3v) is 2.38. The van der Waals surface area contributed by atoms with Crippen molar-refractivity contribution in [2.45, 2.75) is 39.7 Å². The molecule has 0 N–H and O–H groups in total. The molecule has 0 aliphatic carbocycles. The van der Waals surface area contributed by atoms with E-state index < -0.39 is 0 Å². The van der Waals surface area contributed by atoms with E-state index in [-0.39, 0.29) is 32.7 Å². The van der Waals surface area contributed by atoms with E-state index in [9.17, 15) is 0 Å². The second kappa shape index (κ2) is 5.67. The monoisotopic (exact) mass is 229 g/mol. The predicted octanol–water partition coefficient (Wildman–Crippen LogP) is 2.08. The maximum Gasteiger partial charge on any atom is 0.00364 e. The minimum atomic E-state index is 0. The van der Waals surface area contributed by atoms with Gasteiger partial charge in [-0.1, -0.05) is 0 Å². The van der Waals surface area contributed by atoms with Crippen LogP contribution in [0.15, 0.2) is 0 Å². The standard InChI is InChI=1S/C9H18N.Y/c1-8(2)10-6-4-9(3)5-7-10;/h8H,4-7H2,1-3H3;/q-1;. The van der Waals surface area contributed by atoms with Crippen molar-refractivity contribution in [3.63, 3.8) is 0 Å². The van der Waals surface area contributed by atoms with E-state index in [0.29, 0.717) is 0 Å². The van der Waals surface area contributed by atoms with Crippen molar-refractivity contribution >= 4 is 0 Å². The van der Waals surface area contributed by atoms with Gasteiger partial charge in [0.1, 0.15) is 0 Å². The van der Waals surface area contributed by atoms with Crippen molar-refractivity contribution in [2.75, 3.05) is 13.1 Å². The van der Waals surface area contributed by atoms with Gasteiger partial charge in [0.2, 0.25) is 0 Å². The minimum absolute atomic E-state index is 0. The fourth-order valence-corrected chi connectivity index (χ4v) is 1.42. The van der Waals surface area contributed by atoms with Crippen LogP contribution >= 0.6 is 0 Å². The summed E-state index contributed by atoms with van der Waals surface area (Å²) in [6, 6.07) is 0.744. The summed E-state index contributed by atoms with van der Waals surface area (Å²) < 4.78 is 0. The summed E-state index contributed by atoms with van der Waals surface area (Å²) in [5.41, 5.74) is 0. The molecule has 0 amide bonds. The van der Waals surface area contributed by atoms with Gasteiger partial charge in [-0.15, -0.1) is 0 Å². The first-order valence-electron chi connectivity index (χ1n) is 4.25. The first-order chi connectivity index (χ1) is 4.70. The fourth-order valence-electron chi connectivity index (χ4n) is 1.42. The van der Waals surface area contributed by atoms with Gasteiger partial charge in [-0.3, -0.25) is 0 Å². The van der Waals surface area contributed by atoms with E-state index in [2.05, 4.69) is 25.7 Å². The van der Waals surface area contributed by atoms with E-state index >= 15 is 0 Å². The number of nitrogens with zero attached hydrogens (tertiary/aromatic N) is 1.